The van der Waals surface area contributed by atoms with Gasteiger partial charge in [0.1, 0.15) is 19.6 Å². The summed E-state index contributed by atoms with van der Waals surface area (Å²) in [6.07, 6.45) is 2.17. The van der Waals surface area contributed by atoms with Crippen LogP contribution < -0.4 is 9.91 Å². The fourth-order valence-corrected chi connectivity index (χ4v) is 6.02. The maximum Gasteiger partial charge on any atom is 0.319 e. The molecular weight excluding hydrogens is 366 g/mol. The van der Waals surface area contributed by atoms with Crippen molar-refractivity contribution in [2.45, 2.75) is 6.92 Å². The van der Waals surface area contributed by atoms with Gasteiger partial charge in [-0.15, -0.1) is 4.59 Å². The van der Waals surface area contributed by atoms with Gasteiger partial charge >= 0.3 is 5.17 Å². The van der Waals surface area contributed by atoms with E-state index in [2.05, 4.69) is 67.0 Å². The highest BCUT2D eigenvalue weighted by molar-refractivity contribution is 8.12. The number of benzene rings is 2. The molecule has 3 aliphatic rings. The van der Waals surface area contributed by atoms with Crippen LogP contribution in [-0.4, -0.2) is 61.1 Å². The molecule has 0 saturated carbocycles. The molecule has 3 heterocycles. The van der Waals surface area contributed by atoms with Crippen LogP contribution >= 0.6 is 11.8 Å². The lowest BCUT2D eigenvalue weighted by molar-refractivity contribution is -0.859. The molecule has 0 spiro atoms. The van der Waals surface area contributed by atoms with Gasteiger partial charge in [0.15, 0.2) is 12.2 Å². The van der Waals surface area contributed by atoms with E-state index in [1.807, 2.05) is 0 Å². The summed E-state index contributed by atoms with van der Waals surface area (Å²) in [4.78, 5) is 10.4. The SMILES string of the molecule is CSC1=Nc2cccc(C)c2C2=NCC[N+]12[N+]1(c2ccccc2)CCNCC1. The highest BCUT2D eigenvalue weighted by Crippen LogP contribution is 2.45. The van der Waals surface area contributed by atoms with Gasteiger partial charge in [-0.2, -0.15) is 4.99 Å². The number of aryl methyl sites for hydroxylation is 1. The van der Waals surface area contributed by atoms with Gasteiger partial charge in [-0.05, 0) is 36.6 Å². The van der Waals surface area contributed by atoms with Gasteiger partial charge in [-0.25, -0.2) is 4.99 Å². The van der Waals surface area contributed by atoms with E-state index in [1.165, 1.54) is 27.8 Å². The van der Waals surface area contributed by atoms with Crippen LogP contribution in [-0.2, 0) is 0 Å². The van der Waals surface area contributed by atoms with Gasteiger partial charge in [0.25, 0.3) is 5.84 Å². The standard InChI is InChI=1S/C22H27N5S/c1-17-7-6-10-19-20(17)21-24-13-16-27(21,22(25-19)28-2)26(14-11-23-12-15-26)18-8-4-3-5-9-18/h3-10,23H,11-16H2,1-2H3/q+2. The van der Waals surface area contributed by atoms with Crippen molar-refractivity contribution in [3.05, 3.63) is 59.7 Å². The Balaban J connectivity index is 1.81. The molecule has 6 heteroatoms. The van der Waals surface area contributed by atoms with E-state index in [9.17, 15) is 0 Å². The number of piperazine rings is 1. The zero-order valence-corrected chi connectivity index (χ0v) is 17.4. The summed E-state index contributed by atoms with van der Waals surface area (Å²) in [5.74, 6) is 1.21. The van der Waals surface area contributed by atoms with Crippen LogP contribution in [0.25, 0.3) is 0 Å². The molecule has 144 valence electrons. The van der Waals surface area contributed by atoms with Crippen molar-refractivity contribution in [3.63, 3.8) is 0 Å². The number of fused-ring (bicyclic) bond motifs is 3. The molecule has 5 rings (SSSR count). The van der Waals surface area contributed by atoms with Crippen LogP contribution in [0.2, 0.25) is 0 Å². The summed E-state index contributed by atoms with van der Waals surface area (Å²) >= 11 is 1.78. The molecule has 1 fully saturated rings. The van der Waals surface area contributed by atoms with Crippen molar-refractivity contribution in [3.8, 4) is 0 Å². The monoisotopic (exact) mass is 393 g/mol. The third-order valence-electron chi connectivity index (χ3n) is 6.43. The van der Waals surface area contributed by atoms with Crippen LogP contribution in [0.15, 0.2) is 58.5 Å². The average molecular weight is 394 g/mol. The number of hydrogen-bond donors (Lipinski definition) is 1. The molecule has 1 saturated heterocycles. The number of amidine groups is 2. The Hall–Kier alpha value is -1.99. The molecule has 0 bridgehead atoms. The number of quaternary nitrogens is 2. The first-order chi connectivity index (χ1) is 13.7. The summed E-state index contributed by atoms with van der Waals surface area (Å²) in [5, 5.41) is 4.74. The van der Waals surface area contributed by atoms with Crippen molar-refractivity contribution in [2.24, 2.45) is 9.98 Å². The molecule has 0 radical (unpaired) electrons. The van der Waals surface area contributed by atoms with E-state index >= 15 is 0 Å². The summed E-state index contributed by atoms with van der Waals surface area (Å²) in [5.41, 5.74) is 4.94. The van der Waals surface area contributed by atoms with E-state index in [1.54, 1.807) is 11.8 Å². The maximum atomic E-state index is 5.22. The fourth-order valence-electron chi connectivity index (χ4n) is 5.20. The number of hydrogen-bond acceptors (Lipinski definition) is 4. The van der Waals surface area contributed by atoms with Gasteiger partial charge in [-0.3, -0.25) is 0 Å². The second kappa shape index (κ2) is 6.81. The molecular formula is C22H27N5S+2. The first-order valence-electron chi connectivity index (χ1n) is 10.0. The Morgan fingerprint density at radius 3 is 2.50 bits per heavy atom. The molecule has 0 aliphatic carbocycles. The van der Waals surface area contributed by atoms with Gasteiger partial charge in [0, 0.05) is 12.1 Å². The second-order valence-corrected chi connectivity index (χ2v) is 8.49. The fraction of sp³-hybridized carbons (Fsp3) is 0.364. The Bertz CT molecular complexity index is 962. The molecule has 2 aromatic rings. The van der Waals surface area contributed by atoms with Crippen molar-refractivity contribution >= 4 is 34.1 Å². The highest BCUT2D eigenvalue weighted by atomic mass is 32.2. The number of nitrogens with one attached hydrogen (secondary N) is 1. The van der Waals surface area contributed by atoms with E-state index in [4.69, 9.17) is 9.98 Å². The van der Waals surface area contributed by atoms with E-state index in [-0.39, 0.29) is 0 Å². The second-order valence-electron chi connectivity index (χ2n) is 7.72. The molecule has 5 nitrogen and oxygen atoms in total. The minimum atomic E-state index is 0.727. The van der Waals surface area contributed by atoms with Crippen molar-refractivity contribution < 1.29 is 4.59 Å². The Morgan fingerprint density at radius 2 is 1.75 bits per heavy atom. The molecule has 2 aromatic carbocycles. The van der Waals surface area contributed by atoms with Crippen molar-refractivity contribution in [1.82, 2.24) is 9.91 Å². The number of rotatable bonds is 2. The summed E-state index contributed by atoms with van der Waals surface area (Å²) in [6.45, 7) is 8.09. The van der Waals surface area contributed by atoms with Gasteiger partial charge in [0.05, 0.1) is 24.3 Å². The normalized spacial score (nSPS) is 25.5. The van der Waals surface area contributed by atoms with Crippen LogP contribution in [0.5, 0.6) is 0 Å². The van der Waals surface area contributed by atoms with Crippen LogP contribution in [0.1, 0.15) is 11.1 Å². The summed E-state index contributed by atoms with van der Waals surface area (Å²) in [7, 11) is 0. The molecule has 1 atom stereocenters. The van der Waals surface area contributed by atoms with Gasteiger partial charge in [0.2, 0.25) is 0 Å². The smallest absolute Gasteiger partial charge is 0.306 e. The quantitative estimate of drug-likeness (QED) is 0.794. The first kappa shape index (κ1) is 18.1. The van der Waals surface area contributed by atoms with Crippen molar-refractivity contribution in [1.29, 1.82) is 0 Å². The number of nitrogens with zero attached hydrogens (tertiary/aromatic N) is 4. The Kier molecular flexibility index (Phi) is 4.39. The minimum Gasteiger partial charge on any atom is -0.306 e. The van der Waals surface area contributed by atoms with E-state index < -0.39 is 0 Å². The molecule has 28 heavy (non-hydrogen) atoms. The average Bonchev–Trinajstić information content (AvgIpc) is 3.21. The van der Waals surface area contributed by atoms with Gasteiger partial charge in [-0.1, -0.05) is 34.9 Å². The Morgan fingerprint density at radius 1 is 0.964 bits per heavy atom. The van der Waals surface area contributed by atoms with Gasteiger partial charge < -0.3 is 5.32 Å². The summed E-state index contributed by atoms with van der Waals surface area (Å²) < 4.78 is 1.59. The zero-order valence-electron chi connectivity index (χ0n) is 16.6. The number of para-hydroxylation sites is 1. The lowest BCUT2D eigenvalue weighted by Crippen LogP contribution is -2.81. The van der Waals surface area contributed by atoms with E-state index in [0.717, 1.165) is 54.1 Å². The topological polar surface area (TPSA) is 36.8 Å². The molecule has 3 aliphatic heterocycles. The zero-order chi connectivity index (χ0) is 19.2. The molecule has 0 aromatic heterocycles. The van der Waals surface area contributed by atoms with Crippen molar-refractivity contribution in [2.75, 3.05) is 45.5 Å². The predicted octanol–water partition coefficient (Wildman–Crippen LogP) is 3.46. The Labute approximate surface area is 170 Å². The third kappa shape index (κ3) is 2.32. The lowest BCUT2D eigenvalue weighted by atomic mass is 10.0. The largest absolute Gasteiger partial charge is 0.319 e. The lowest BCUT2D eigenvalue weighted by Gasteiger charge is -2.52. The van der Waals surface area contributed by atoms with E-state index in [0.29, 0.717) is 0 Å². The van der Waals surface area contributed by atoms with Crippen LogP contribution in [0.4, 0.5) is 11.4 Å². The first-order valence-corrected chi connectivity index (χ1v) is 11.3. The molecule has 1 N–H and O–H groups in total. The third-order valence-corrected chi connectivity index (χ3v) is 7.19. The number of thioether (sulfide) groups is 1. The summed E-state index contributed by atoms with van der Waals surface area (Å²) in [6, 6.07) is 17.5. The van der Waals surface area contributed by atoms with Crippen LogP contribution in [0, 0.1) is 6.92 Å². The maximum absolute atomic E-state index is 5.22. The molecule has 0 amide bonds. The minimum absolute atomic E-state index is 0.727. The number of aliphatic imine (C=N–C) groups is 2. The highest BCUT2D eigenvalue weighted by Gasteiger charge is 2.64. The predicted molar refractivity (Wildman–Crippen MR) is 119 cm³/mol. The van der Waals surface area contributed by atoms with Crippen LogP contribution in [0.3, 0.4) is 0 Å². The molecule has 1 unspecified atom stereocenters.